The van der Waals surface area contributed by atoms with Crippen LogP contribution in [0.25, 0.3) is 6.08 Å². The summed E-state index contributed by atoms with van der Waals surface area (Å²) < 4.78 is 40.6. The molecule has 154 valence electrons. The van der Waals surface area contributed by atoms with E-state index >= 15 is 0 Å². The van der Waals surface area contributed by atoms with Gasteiger partial charge in [0.15, 0.2) is 0 Å². The maximum absolute atomic E-state index is 13.1. The summed E-state index contributed by atoms with van der Waals surface area (Å²) in [6.45, 7) is 1.69. The highest BCUT2D eigenvalue weighted by molar-refractivity contribution is 7.92. The summed E-state index contributed by atoms with van der Waals surface area (Å²) in [4.78, 5) is 12.1. The lowest BCUT2D eigenvalue weighted by Crippen LogP contribution is -2.13. The van der Waals surface area contributed by atoms with Gasteiger partial charge in [-0.2, -0.15) is 0 Å². The van der Waals surface area contributed by atoms with Crippen LogP contribution in [0.3, 0.4) is 0 Å². The topological polar surface area (TPSA) is 75.3 Å². The Labute approximate surface area is 179 Å². The van der Waals surface area contributed by atoms with Gasteiger partial charge in [0.1, 0.15) is 5.82 Å². The summed E-state index contributed by atoms with van der Waals surface area (Å²) in [5.74, 6) is -0.762. The van der Waals surface area contributed by atoms with E-state index in [1.54, 1.807) is 49.4 Å². The van der Waals surface area contributed by atoms with Crippen LogP contribution in [-0.2, 0) is 14.8 Å². The zero-order valence-corrected chi connectivity index (χ0v) is 17.5. The molecule has 0 aromatic heterocycles. The third kappa shape index (κ3) is 5.46. The minimum Gasteiger partial charge on any atom is -0.322 e. The van der Waals surface area contributed by atoms with E-state index in [9.17, 15) is 17.6 Å². The maximum Gasteiger partial charge on any atom is 0.261 e. The molecule has 1 amide bonds. The van der Waals surface area contributed by atoms with Gasteiger partial charge in [-0.05, 0) is 66.6 Å². The van der Waals surface area contributed by atoms with Gasteiger partial charge in [-0.3, -0.25) is 9.52 Å². The van der Waals surface area contributed by atoms with Gasteiger partial charge in [0.05, 0.1) is 15.6 Å². The maximum atomic E-state index is 13.1. The van der Waals surface area contributed by atoms with Crippen molar-refractivity contribution < 1.29 is 17.6 Å². The number of benzene rings is 3. The number of sulfonamides is 1. The van der Waals surface area contributed by atoms with Gasteiger partial charge in [-0.15, -0.1) is 0 Å². The Morgan fingerprint density at radius 3 is 2.37 bits per heavy atom. The van der Waals surface area contributed by atoms with Gasteiger partial charge in [-0.25, -0.2) is 12.8 Å². The minimum atomic E-state index is -3.80. The van der Waals surface area contributed by atoms with Crippen LogP contribution in [0.4, 0.5) is 15.8 Å². The molecule has 0 aliphatic rings. The van der Waals surface area contributed by atoms with E-state index in [4.69, 9.17) is 11.6 Å². The minimum absolute atomic E-state index is 0.0611. The van der Waals surface area contributed by atoms with Crippen molar-refractivity contribution >= 4 is 45.0 Å². The molecule has 0 heterocycles. The third-order valence-electron chi connectivity index (χ3n) is 4.18. The number of halogens is 2. The van der Waals surface area contributed by atoms with Gasteiger partial charge in [0.2, 0.25) is 5.91 Å². The van der Waals surface area contributed by atoms with Crippen LogP contribution < -0.4 is 10.0 Å². The third-order valence-corrected chi connectivity index (χ3v) is 5.89. The second-order valence-electron chi connectivity index (χ2n) is 6.44. The summed E-state index contributed by atoms with van der Waals surface area (Å²) in [7, 11) is -3.80. The van der Waals surface area contributed by atoms with Gasteiger partial charge in [-0.1, -0.05) is 35.9 Å². The van der Waals surface area contributed by atoms with Crippen LogP contribution in [0.15, 0.2) is 77.7 Å². The lowest BCUT2D eigenvalue weighted by Gasteiger charge is -2.09. The van der Waals surface area contributed by atoms with Gasteiger partial charge >= 0.3 is 0 Å². The number of anilines is 2. The molecule has 0 aliphatic carbocycles. The molecule has 0 spiro atoms. The molecule has 0 bridgehead atoms. The van der Waals surface area contributed by atoms with E-state index in [0.717, 1.165) is 0 Å². The Morgan fingerprint density at radius 2 is 1.70 bits per heavy atom. The number of rotatable bonds is 6. The fourth-order valence-electron chi connectivity index (χ4n) is 2.62. The van der Waals surface area contributed by atoms with Gasteiger partial charge in [0, 0.05) is 11.8 Å². The highest BCUT2D eigenvalue weighted by Gasteiger charge is 2.15. The SMILES string of the molecule is Cc1cc(F)ccc1NC(=O)/C=C/c1ccc(S(=O)(=O)Nc2ccccc2Cl)cc1. The van der Waals surface area contributed by atoms with Crippen molar-refractivity contribution in [3.05, 3.63) is 94.8 Å². The van der Waals surface area contributed by atoms with Crippen LogP contribution in [0, 0.1) is 12.7 Å². The van der Waals surface area contributed by atoms with Crippen LogP contribution in [0.1, 0.15) is 11.1 Å². The molecule has 0 radical (unpaired) electrons. The van der Waals surface area contributed by atoms with Crippen molar-refractivity contribution in [3.8, 4) is 0 Å². The average molecular weight is 445 g/mol. The summed E-state index contributed by atoms with van der Waals surface area (Å²) in [5, 5.41) is 2.96. The predicted octanol–water partition coefficient (Wildman–Crippen LogP) is 5.24. The Morgan fingerprint density at radius 1 is 1.00 bits per heavy atom. The van der Waals surface area contributed by atoms with Crippen molar-refractivity contribution in [1.29, 1.82) is 0 Å². The number of amides is 1. The molecule has 0 saturated carbocycles. The number of aryl methyl sites for hydroxylation is 1. The Balaban J connectivity index is 1.67. The molecule has 3 rings (SSSR count). The standard InChI is InChI=1S/C22H18ClFN2O3S/c1-15-14-17(24)9-12-20(15)25-22(27)13-8-16-6-10-18(11-7-16)30(28,29)26-21-5-3-2-4-19(21)23/h2-14,26H,1H3,(H,25,27)/b13-8+. The quantitative estimate of drug-likeness (QED) is 0.510. The highest BCUT2D eigenvalue weighted by atomic mass is 35.5. The van der Waals surface area contributed by atoms with Crippen LogP contribution in [0.5, 0.6) is 0 Å². The number of carbonyl (C=O) groups is 1. The molecule has 8 heteroatoms. The second kappa shape index (κ2) is 9.11. The van der Waals surface area contributed by atoms with E-state index in [0.29, 0.717) is 21.8 Å². The Kier molecular flexibility index (Phi) is 6.54. The summed E-state index contributed by atoms with van der Waals surface area (Å²) in [6, 6.07) is 16.6. The van der Waals surface area contributed by atoms with E-state index in [1.165, 1.54) is 36.4 Å². The molecule has 0 saturated heterocycles. The number of hydrogen-bond acceptors (Lipinski definition) is 3. The second-order valence-corrected chi connectivity index (χ2v) is 8.53. The molecule has 0 aliphatic heterocycles. The van der Waals surface area contributed by atoms with Gasteiger partial charge < -0.3 is 5.32 Å². The smallest absolute Gasteiger partial charge is 0.261 e. The molecule has 0 atom stereocenters. The first-order valence-electron chi connectivity index (χ1n) is 8.87. The lowest BCUT2D eigenvalue weighted by molar-refractivity contribution is -0.111. The monoisotopic (exact) mass is 444 g/mol. The molecule has 0 unspecified atom stereocenters. The fraction of sp³-hybridized carbons (Fsp3) is 0.0455. The van der Waals surface area contributed by atoms with E-state index in [-0.39, 0.29) is 22.3 Å². The average Bonchev–Trinajstić information content (AvgIpc) is 2.70. The molecule has 30 heavy (non-hydrogen) atoms. The zero-order valence-electron chi connectivity index (χ0n) is 15.9. The molecular weight excluding hydrogens is 427 g/mol. The summed E-state index contributed by atoms with van der Waals surface area (Å²) >= 11 is 6.00. The Hall–Kier alpha value is -3.16. The first-order valence-corrected chi connectivity index (χ1v) is 10.7. The summed E-state index contributed by atoms with van der Waals surface area (Å²) in [5.41, 5.74) is 2.05. The molecular formula is C22H18ClFN2O3S. The van der Waals surface area contributed by atoms with Crippen molar-refractivity contribution in [2.45, 2.75) is 11.8 Å². The molecule has 0 fully saturated rings. The fourth-order valence-corrected chi connectivity index (χ4v) is 3.94. The number of para-hydroxylation sites is 1. The van der Waals surface area contributed by atoms with Crippen molar-refractivity contribution in [2.24, 2.45) is 0 Å². The first-order chi connectivity index (χ1) is 14.2. The van der Waals surface area contributed by atoms with Crippen LogP contribution in [0.2, 0.25) is 5.02 Å². The normalized spacial score (nSPS) is 11.4. The predicted molar refractivity (Wildman–Crippen MR) is 118 cm³/mol. The first kappa shape index (κ1) is 21.5. The number of hydrogen-bond donors (Lipinski definition) is 2. The van der Waals surface area contributed by atoms with Crippen LogP contribution >= 0.6 is 11.6 Å². The van der Waals surface area contributed by atoms with Crippen molar-refractivity contribution in [1.82, 2.24) is 0 Å². The van der Waals surface area contributed by atoms with Crippen molar-refractivity contribution in [3.63, 3.8) is 0 Å². The summed E-state index contributed by atoms with van der Waals surface area (Å²) in [6.07, 6.45) is 2.86. The van der Waals surface area contributed by atoms with Gasteiger partial charge in [0.25, 0.3) is 10.0 Å². The molecule has 2 N–H and O–H groups in total. The molecule has 5 nitrogen and oxygen atoms in total. The zero-order chi connectivity index (χ0) is 21.7. The van der Waals surface area contributed by atoms with E-state index in [1.807, 2.05) is 0 Å². The molecule has 3 aromatic rings. The Bertz CT molecular complexity index is 1210. The van der Waals surface area contributed by atoms with Crippen molar-refractivity contribution in [2.75, 3.05) is 10.0 Å². The van der Waals surface area contributed by atoms with E-state index in [2.05, 4.69) is 10.0 Å². The molecule has 3 aromatic carbocycles. The highest BCUT2D eigenvalue weighted by Crippen LogP contribution is 2.24. The lowest BCUT2D eigenvalue weighted by atomic mass is 10.2. The number of nitrogens with one attached hydrogen (secondary N) is 2. The van der Waals surface area contributed by atoms with E-state index < -0.39 is 10.0 Å². The number of carbonyl (C=O) groups excluding carboxylic acids is 1. The van der Waals surface area contributed by atoms with Crippen LogP contribution in [-0.4, -0.2) is 14.3 Å². The largest absolute Gasteiger partial charge is 0.322 e.